The molecule has 0 aliphatic carbocycles. The Bertz CT molecular complexity index is 897. The zero-order valence-electron chi connectivity index (χ0n) is 18.6. The number of likely N-dealkylation sites (tertiary alicyclic amines) is 1. The molecule has 0 spiro atoms. The van der Waals surface area contributed by atoms with Crippen LogP contribution in [0.2, 0.25) is 0 Å². The second-order valence-electron chi connectivity index (χ2n) is 8.98. The number of hydrazine groups is 1. The number of nitrogens with one attached hydrogen (secondary N) is 3. The number of benzene rings is 1. The van der Waals surface area contributed by atoms with Crippen LogP contribution in [0, 0.1) is 11.7 Å². The van der Waals surface area contributed by atoms with Crippen LogP contribution in [0.15, 0.2) is 30.3 Å². The fourth-order valence-corrected chi connectivity index (χ4v) is 4.68. The van der Waals surface area contributed by atoms with E-state index in [0.29, 0.717) is 35.7 Å². The largest absolute Gasteiger partial charge is 0.353 e. The summed E-state index contributed by atoms with van der Waals surface area (Å²) in [6.45, 7) is 6.84. The normalized spacial score (nSPS) is 25.1. The molecule has 0 bridgehead atoms. The van der Waals surface area contributed by atoms with Crippen LogP contribution in [0.3, 0.4) is 0 Å². The number of amides is 1. The monoisotopic (exact) mass is 428 g/mol. The van der Waals surface area contributed by atoms with Gasteiger partial charge in [-0.05, 0) is 44.9 Å². The molecule has 2 aliphatic rings. The summed E-state index contributed by atoms with van der Waals surface area (Å²) in [6.07, 6.45) is 2.43. The summed E-state index contributed by atoms with van der Waals surface area (Å²) in [5.41, 5.74) is 8.68. The minimum atomic E-state index is -0.253. The molecule has 0 radical (unpaired) electrons. The van der Waals surface area contributed by atoms with Gasteiger partial charge in [-0.25, -0.2) is 4.39 Å². The minimum absolute atomic E-state index is 0.147. The summed E-state index contributed by atoms with van der Waals surface area (Å²) in [5.74, 6) is 0.207. The first-order valence-corrected chi connectivity index (χ1v) is 11.2. The number of carbonyl (C=O) groups excluding carboxylic acids is 1. The van der Waals surface area contributed by atoms with Crippen molar-refractivity contribution in [2.45, 2.75) is 57.8 Å². The number of carbonyl (C=O) groups is 1. The highest BCUT2D eigenvalue weighted by atomic mass is 19.1. The first-order valence-electron chi connectivity index (χ1n) is 11.2. The molecule has 0 saturated carbocycles. The van der Waals surface area contributed by atoms with E-state index in [2.05, 4.69) is 40.0 Å². The number of aryl methyl sites for hydroxylation is 1. The third-order valence-electron chi connectivity index (χ3n) is 6.71. The summed E-state index contributed by atoms with van der Waals surface area (Å²) in [7, 11) is 1.90. The van der Waals surface area contributed by atoms with E-state index in [0.717, 1.165) is 38.2 Å². The van der Waals surface area contributed by atoms with Gasteiger partial charge in [0, 0.05) is 62.7 Å². The van der Waals surface area contributed by atoms with Gasteiger partial charge in [-0.15, -0.1) is 0 Å². The van der Waals surface area contributed by atoms with Crippen molar-refractivity contribution in [3.05, 3.63) is 41.8 Å². The molecule has 3 N–H and O–H groups in total. The maximum atomic E-state index is 14.1. The van der Waals surface area contributed by atoms with Crippen molar-refractivity contribution < 1.29 is 9.18 Å². The van der Waals surface area contributed by atoms with Gasteiger partial charge in [0.2, 0.25) is 5.91 Å². The van der Waals surface area contributed by atoms with E-state index < -0.39 is 0 Å². The topological polar surface area (TPSA) is 74.2 Å². The number of hydrogen-bond donors (Lipinski definition) is 3. The summed E-state index contributed by atoms with van der Waals surface area (Å²) >= 11 is 0. The maximum absolute atomic E-state index is 14.1. The number of piperidine rings is 1. The molecule has 4 rings (SSSR count). The molecule has 168 valence electrons. The van der Waals surface area contributed by atoms with Crippen LogP contribution in [0.4, 0.5) is 4.39 Å². The standard InChI is InChI=1S/C23H33FN6O/c1-15-20(16(2)27-26-15)13-23(31)25-17-8-10-30(11-9-17)14-18-12-22(28-29(18)3)19-6-4-5-7-21(19)24/h4-7,12,15-17,20,26-27H,8-11,13-14H2,1-3H3,(H,25,31). The van der Waals surface area contributed by atoms with Gasteiger partial charge in [0.15, 0.2) is 0 Å². The molecule has 2 fully saturated rings. The van der Waals surface area contributed by atoms with Crippen molar-refractivity contribution in [1.29, 1.82) is 0 Å². The molecule has 3 heterocycles. The van der Waals surface area contributed by atoms with Crippen molar-refractivity contribution in [3.8, 4) is 11.3 Å². The van der Waals surface area contributed by atoms with Gasteiger partial charge >= 0.3 is 0 Å². The molecule has 1 aromatic carbocycles. The molecule has 2 atom stereocenters. The molecule has 2 aromatic rings. The average molecular weight is 429 g/mol. The second-order valence-corrected chi connectivity index (χ2v) is 8.98. The number of nitrogens with zero attached hydrogens (tertiary/aromatic N) is 3. The van der Waals surface area contributed by atoms with Crippen molar-refractivity contribution in [1.82, 2.24) is 30.8 Å². The quantitative estimate of drug-likeness (QED) is 0.658. The lowest BCUT2D eigenvalue weighted by atomic mass is 9.92. The Balaban J connectivity index is 1.27. The third-order valence-corrected chi connectivity index (χ3v) is 6.71. The lowest BCUT2D eigenvalue weighted by Gasteiger charge is -2.32. The van der Waals surface area contributed by atoms with Gasteiger partial charge in [-0.1, -0.05) is 12.1 Å². The Labute approximate surface area is 183 Å². The third kappa shape index (κ3) is 5.14. The van der Waals surface area contributed by atoms with Crippen LogP contribution in [-0.2, 0) is 18.4 Å². The van der Waals surface area contributed by atoms with Gasteiger partial charge < -0.3 is 5.32 Å². The van der Waals surface area contributed by atoms with E-state index in [1.807, 2.05) is 23.9 Å². The van der Waals surface area contributed by atoms with E-state index in [4.69, 9.17) is 0 Å². The van der Waals surface area contributed by atoms with E-state index in [9.17, 15) is 9.18 Å². The maximum Gasteiger partial charge on any atom is 0.220 e. The number of hydrogen-bond acceptors (Lipinski definition) is 5. The summed E-state index contributed by atoms with van der Waals surface area (Å²) < 4.78 is 15.9. The summed E-state index contributed by atoms with van der Waals surface area (Å²) in [5, 5.41) is 7.74. The van der Waals surface area contributed by atoms with E-state index in [1.165, 1.54) is 6.07 Å². The molecule has 2 aliphatic heterocycles. The first kappa shape index (κ1) is 21.9. The molecule has 1 aromatic heterocycles. The van der Waals surface area contributed by atoms with Crippen molar-refractivity contribution >= 4 is 5.91 Å². The average Bonchev–Trinajstić information content (AvgIpc) is 3.26. The highest BCUT2D eigenvalue weighted by molar-refractivity contribution is 5.76. The van der Waals surface area contributed by atoms with E-state index in [1.54, 1.807) is 12.1 Å². The van der Waals surface area contributed by atoms with Crippen molar-refractivity contribution in [2.24, 2.45) is 13.0 Å². The zero-order chi connectivity index (χ0) is 22.0. The lowest BCUT2D eigenvalue weighted by Crippen LogP contribution is -2.45. The van der Waals surface area contributed by atoms with Gasteiger partial charge in [0.1, 0.15) is 5.82 Å². The Morgan fingerprint density at radius 1 is 1.19 bits per heavy atom. The number of aromatic nitrogens is 2. The van der Waals surface area contributed by atoms with Crippen LogP contribution in [0.5, 0.6) is 0 Å². The predicted octanol–water partition coefficient (Wildman–Crippen LogP) is 2.20. The van der Waals surface area contributed by atoms with Crippen LogP contribution in [0.25, 0.3) is 11.3 Å². The molecule has 1 amide bonds. The Hall–Kier alpha value is -2.29. The van der Waals surface area contributed by atoms with Crippen LogP contribution >= 0.6 is 0 Å². The SMILES string of the molecule is CC1NNC(C)C1CC(=O)NC1CCN(Cc2cc(-c3ccccc3F)nn2C)CC1. The fourth-order valence-electron chi connectivity index (χ4n) is 4.68. The molecule has 7 nitrogen and oxygen atoms in total. The molecule has 31 heavy (non-hydrogen) atoms. The number of halogens is 1. The summed E-state index contributed by atoms with van der Waals surface area (Å²) in [4.78, 5) is 14.9. The van der Waals surface area contributed by atoms with Crippen LogP contribution in [0.1, 0.15) is 38.8 Å². The Morgan fingerprint density at radius 3 is 2.55 bits per heavy atom. The lowest BCUT2D eigenvalue weighted by molar-refractivity contribution is -0.123. The Morgan fingerprint density at radius 2 is 1.87 bits per heavy atom. The van der Waals surface area contributed by atoms with Gasteiger partial charge in [0.05, 0.1) is 11.4 Å². The van der Waals surface area contributed by atoms with Crippen LogP contribution in [-0.4, -0.2) is 51.8 Å². The predicted molar refractivity (Wildman–Crippen MR) is 118 cm³/mol. The molecule has 2 unspecified atom stereocenters. The van der Waals surface area contributed by atoms with E-state index >= 15 is 0 Å². The smallest absolute Gasteiger partial charge is 0.220 e. The first-order chi connectivity index (χ1) is 14.9. The van der Waals surface area contributed by atoms with Crippen molar-refractivity contribution in [2.75, 3.05) is 13.1 Å². The molecule has 2 saturated heterocycles. The van der Waals surface area contributed by atoms with Gasteiger partial charge in [-0.3, -0.25) is 25.2 Å². The fraction of sp³-hybridized carbons (Fsp3) is 0.565. The zero-order valence-corrected chi connectivity index (χ0v) is 18.6. The molecule has 8 heteroatoms. The highest BCUT2D eigenvalue weighted by Crippen LogP contribution is 2.23. The minimum Gasteiger partial charge on any atom is -0.353 e. The Kier molecular flexibility index (Phi) is 6.69. The molecular weight excluding hydrogens is 395 g/mol. The van der Waals surface area contributed by atoms with Crippen molar-refractivity contribution in [3.63, 3.8) is 0 Å². The summed E-state index contributed by atoms with van der Waals surface area (Å²) in [6, 6.07) is 9.54. The van der Waals surface area contributed by atoms with E-state index in [-0.39, 0.29) is 17.8 Å². The van der Waals surface area contributed by atoms with Gasteiger partial charge in [-0.2, -0.15) is 5.10 Å². The van der Waals surface area contributed by atoms with Gasteiger partial charge in [0.25, 0.3) is 0 Å². The van der Waals surface area contributed by atoms with Crippen LogP contribution < -0.4 is 16.2 Å². The highest BCUT2D eigenvalue weighted by Gasteiger charge is 2.32. The second kappa shape index (κ2) is 9.46. The molecular formula is C23H33FN6O. The number of rotatable bonds is 6.